The van der Waals surface area contributed by atoms with Crippen LogP contribution in [0.15, 0.2) is 45.3 Å². The highest BCUT2D eigenvalue weighted by molar-refractivity contribution is 9.10. The molecule has 0 spiro atoms. The topological polar surface area (TPSA) is 59.1 Å². The summed E-state index contributed by atoms with van der Waals surface area (Å²) in [7, 11) is 0. The predicted octanol–water partition coefficient (Wildman–Crippen LogP) is 5.41. The van der Waals surface area contributed by atoms with Crippen LogP contribution in [0.5, 0.6) is 11.5 Å². The normalized spacial score (nSPS) is 10.7. The van der Waals surface area contributed by atoms with Crippen molar-refractivity contribution >= 4 is 37.7 Å². The van der Waals surface area contributed by atoms with Crippen molar-refractivity contribution in [3.8, 4) is 11.5 Å². The standard InChI is InChI=1S/C16H16Br2N2O/c1-9(2)11-8-10(17)6-7-13(11)21-14-5-3-4-12(18)15(14)16(19)20/h3-9H,1-2H3,(H3,19,20). The summed E-state index contributed by atoms with van der Waals surface area (Å²) in [5, 5.41) is 7.72. The molecule has 0 aliphatic heterocycles. The van der Waals surface area contributed by atoms with E-state index < -0.39 is 0 Å². The van der Waals surface area contributed by atoms with Crippen LogP contribution in [0.25, 0.3) is 0 Å². The molecule has 0 unspecified atom stereocenters. The fourth-order valence-corrected chi connectivity index (χ4v) is 2.97. The van der Waals surface area contributed by atoms with Crippen LogP contribution in [0.1, 0.15) is 30.9 Å². The first kappa shape index (κ1) is 16.0. The molecular formula is C16H16Br2N2O. The third-order valence-corrected chi connectivity index (χ3v) is 4.21. The summed E-state index contributed by atoms with van der Waals surface area (Å²) in [5.74, 6) is 1.64. The zero-order valence-corrected chi connectivity index (χ0v) is 15.0. The Hall–Kier alpha value is -1.33. The summed E-state index contributed by atoms with van der Waals surface area (Å²) in [5.41, 5.74) is 7.32. The average molecular weight is 412 g/mol. The van der Waals surface area contributed by atoms with Crippen molar-refractivity contribution in [3.63, 3.8) is 0 Å². The molecule has 110 valence electrons. The van der Waals surface area contributed by atoms with Crippen LogP contribution in [-0.4, -0.2) is 5.84 Å². The Labute approximate surface area is 141 Å². The van der Waals surface area contributed by atoms with E-state index in [-0.39, 0.29) is 5.84 Å². The van der Waals surface area contributed by atoms with E-state index in [1.807, 2.05) is 36.4 Å². The number of nitrogens with two attached hydrogens (primary N) is 1. The maximum Gasteiger partial charge on any atom is 0.139 e. The largest absolute Gasteiger partial charge is 0.456 e. The fourth-order valence-electron chi connectivity index (χ4n) is 2.03. The maximum absolute atomic E-state index is 7.72. The third kappa shape index (κ3) is 3.66. The van der Waals surface area contributed by atoms with Gasteiger partial charge in [0.15, 0.2) is 0 Å². The lowest BCUT2D eigenvalue weighted by atomic mass is 10.0. The SMILES string of the molecule is CC(C)c1cc(Br)ccc1Oc1cccc(Br)c1C(=N)N. The molecule has 0 aliphatic carbocycles. The lowest BCUT2D eigenvalue weighted by molar-refractivity contribution is 0.471. The van der Waals surface area contributed by atoms with E-state index in [1.54, 1.807) is 0 Å². The molecule has 21 heavy (non-hydrogen) atoms. The molecule has 0 heterocycles. The van der Waals surface area contributed by atoms with Gasteiger partial charge in [-0.3, -0.25) is 5.41 Å². The first-order valence-corrected chi connectivity index (χ1v) is 8.09. The Morgan fingerprint density at radius 2 is 1.86 bits per heavy atom. The second-order valence-electron chi connectivity index (χ2n) is 4.97. The van der Waals surface area contributed by atoms with E-state index in [1.165, 1.54) is 0 Å². The van der Waals surface area contributed by atoms with Crippen LogP contribution in [-0.2, 0) is 0 Å². The van der Waals surface area contributed by atoms with E-state index in [2.05, 4.69) is 45.7 Å². The van der Waals surface area contributed by atoms with Gasteiger partial charge in [0.1, 0.15) is 17.3 Å². The number of hydrogen-bond acceptors (Lipinski definition) is 2. The molecule has 0 atom stereocenters. The number of nitrogen functional groups attached to an aromatic ring is 1. The minimum Gasteiger partial charge on any atom is -0.456 e. The van der Waals surface area contributed by atoms with Gasteiger partial charge in [-0.15, -0.1) is 0 Å². The minimum atomic E-state index is -0.0271. The highest BCUT2D eigenvalue weighted by Crippen LogP contribution is 2.35. The van der Waals surface area contributed by atoms with Gasteiger partial charge in [-0.05, 0) is 57.7 Å². The highest BCUT2D eigenvalue weighted by atomic mass is 79.9. The zero-order chi connectivity index (χ0) is 15.6. The van der Waals surface area contributed by atoms with Gasteiger partial charge in [0.2, 0.25) is 0 Å². The monoisotopic (exact) mass is 410 g/mol. The lowest BCUT2D eigenvalue weighted by Crippen LogP contribution is -2.13. The molecular weight excluding hydrogens is 396 g/mol. The minimum absolute atomic E-state index is 0.0271. The molecule has 0 fully saturated rings. The van der Waals surface area contributed by atoms with E-state index in [0.29, 0.717) is 17.2 Å². The van der Waals surface area contributed by atoms with Gasteiger partial charge in [0.05, 0.1) is 5.56 Å². The van der Waals surface area contributed by atoms with E-state index in [4.69, 9.17) is 15.9 Å². The molecule has 3 nitrogen and oxygen atoms in total. The highest BCUT2D eigenvalue weighted by Gasteiger charge is 2.15. The first-order valence-electron chi connectivity index (χ1n) is 6.50. The molecule has 3 N–H and O–H groups in total. The van der Waals surface area contributed by atoms with Crippen LogP contribution in [0, 0.1) is 5.41 Å². The Morgan fingerprint density at radius 1 is 1.14 bits per heavy atom. The summed E-state index contributed by atoms with van der Waals surface area (Å²) in [6, 6.07) is 11.4. The summed E-state index contributed by atoms with van der Waals surface area (Å²) < 4.78 is 7.79. The van der Waals surface area contributed by atoms with Gasteiger partial charge in [0, 0.05) is 8.95 Å². The van der Waals surface area contributed by atoms with Crippen LogP contribution >= 0.6 is 31.9 Å². The Morgan fingerprint density at radius 3 is 2.48 bits per heavy atom. The number of hydrogen-bond donors (Lipinski definition) is 2. The van der Waals surface area contributed by atoms with Crippen molar-refractivity contribution in [2.75, 3.05) is 0 Å². The van der Waals surface area contributed by atoms with Gasteiger partial charge in [-0.2, -0.15) is 0 Å². The first-order chi connectivity index (χ1) is 9.90. The van der Waals surface area contributed by atoms with Crippen LogP contribution in [0.2, 0.25) is 0 Å². The molecule has 0 amide bonds. The van der Waals surface area contributed by atoms with Crippen molar-refractivity contribution < 1.29 is 4.74 Å². The van der Waals surface area contributed by atoms with Gasteiger partial charge < -0.3 is 10.5 Å². The molecule has 2 aromatic carbocycles. The fraction of sp³-hybridized carbons (Fsp3) is 0.188. The second kappa shape index (κ2) is 6.62. The number of rotatable bonds is 4. The van der Waals surface area contributed by atoms with Crippen molar-refractivity contribution in [1.29, 1.82) is 5.41 Å². The van der Waals surface area contributed by atoms with Gasteiger partial charge in [-0.25, -0.2) is 0 Å². The molecule has 5 heteroatoms. The average Bonchev–Trinajstić information content (AvgIpc) is 2.40. The van der Waals surface area contributed by atoms with Crippen molar-refractivity contribution in [3.05, 3.63) is 56.5 Å². The smallest absolute Gasteiger partial charge is 0.139 e. The van der Waals surface area contributed by atoms with Gasteiger partial charge >= 0.3 is 0 Å². The van der Waals surface area contributed by atoms with Gasteiger partial charge in [-0.1, -0.05) is 35.8 Å². The molecule has 2 aromatic rings. The van der Waals surface area contributed by atoms with Crippen LogP contribution in [0.3, 0.4) is 0 Å². The summed E-state index contributed by atoms with van der Waals surface area (Å²) >= 11 is 6.89. The zero-order valence-electron chi connectivity index (χ0n) is 11.8. The summed E-state index contributed by atoms with van der Waals surface area (Å²) in [4.78, 5) is 0. The summed E-state index contributed by atoms with van der Waals surface area (Å²) in [6.07, 6.45) is 0. The molecule has 2 rings (SSSR count). The molecule has 0 aromatic heterocycles. The number of benzene rings is 2. The van der Waals surface area contributed by atoms with Gasteiger partial charge in [0.25, 0.3) is 0 Å². The summed E-state index contributed by atoms with van der Waals surface area (Å²) in [6.45, 7) is 4.23. The van der Waals surface area contributed by atoms with E-state index >= 15 is 0 Å². The maximum atomic E-state index is 7.72. The quantitative estimate of drug-likeness (QED) is 0.521. The van der Waals surface area contributed by atoms with Crippen molar-refractivity contribution in [2.24, 2.45) is 5.73 Å². The number of ether oxygens (including phenoxy) is 1. The van der Waals surface area contributed by atoms with Crippen molar-refractivity contribution in [1.82, 2.24) is 0 Å². The van der Waals surface area contributed by atoms with Crippen LogP contribution < -0.4 is 10.5 Å². The van der Waals surface area contributed by atoms with Crippen LogP contribution in [0.4, 0.5) is 0 Å². The lowest BCUT2D eigenvalue weighted by Gasteiger charge is -2.16. The predicted molar refractivity (Wildman–Crippen MR) is 93.5 cm³/mol. The molecule has 0 saturated carbocycles. The molecule has 0 aliphatic rings. The Balaban J connectivity index is 2.49. The van der Waals surface area contributed by atoms with E-state index in [0.717, 1.165) is 20.3 Å². The van der Waals surface area contributed by atoms with Crippen molar-refractivity contribution in [2.45, 2.75) is 19.8 Å². The number of nitrogens with one attached hydrogen (secondary N) is 1. The second-order valence-corrected chi connectivity index (χ2v) is 6.74. The number of amidine groups is 1. The third-order valence-electron chi connectivity index (χ3n) is 3.06. The molecule has 0 bridgehead atoms. The molecule has 0 radical (unpaired) electrons. The number of halogens is 2. The molecule has 0 saturated heterocycles. The Bertz CT molecular complexity index is 684. The Kier molecular flexibility index (Phi) is 5.06. The van der Waals surface area contributed by atoms with E-state index in [9.17, 15) is 0 Å².